The van der Waals surface area contributed by atoms with Crippen molar-refractivity contribution in [2.75, 3.05) is 0 Å². The molecule has 2 nitrogen and oxygen atoms in total. The summed E-state index contributed by atoms with van der Waals surface area (Å²) in [5.41, 5.74) is 4.54. The fraction of sp³-hybridized carbons (Fsp3) is 0.786. The molecule has 2 heterocycles. The fourth-order valence-electron chi connectivity index (χ4n) is 2.87. The van der Waals surface area contributed by atoms with Crippen LogP contribution in [-0.2, 0) is 20.0 Å². The molecular weight excluding hydrogens is 196 g/mol. The Hall–Kier alpha value is -0.790. The number of nitrogens with zero attached hydrogens (tertiary/aromatic N) is 2. The van der Waals surface area contributed by atoms with Gasteiger partial charge in [-0.3, -0.25) is 0 Å². The molecule has 0 aliphatic carbocycles. The summed E-state index contributed by atoms with van der Waals surface area (Å²) >= 11 is 0. The maximum absolute atomic E-state index is 2.51. The van der Waals surface area contributed by atoms with Crippen LogP contribution in [0.2, 0.25) is 0 Å². The topological polar surface area (TPSA) is 8.81 Å². The van der Waals surface area contributed by atoms with E-state index in [1.165, 1.54) is 62.7 Å². The molecule has 1 aliphatic rings. The average Bonchev–Trinajstić information content (AvgIpc) is 2.50. The van der Waals surface area contributed by atoms with E-state index in [0.29, 0.717) is 0 Å². The highest BCUT2D eigenvalue weighted by Gasteiger charge is 2.22. The Morgan fingerprint density at radius 3 is 2.31 bits per heavy atom. The van der Waals surface area contributed by atoms with E-state index in [1.54, 1.807) is 5.69 Å². The van der Waals surface area contributed by atoms with E-state index in [2.05, 4.69) is 30.3 Å². The van der Waals surface area contributed by atoms with Gasteiger partial charge in [0.05, 0.1) is 12.7 Å². The van der Waals surface area contributed by atoms with Crippen LogP contribution in [0.5, 0.6) is 0 Å². The Morgan fingerprint density at radius 1 is 0.938 bits per heavy atom. The Bertz CT molecular complexity index is 330. The van der Waals surface area contributed by atoms with E-state index >= 15 is 0 Å². The number of hydrogen-bond donors (Lipinski definition) is 0. The zero-order chi connectivity index (χ0) is 11.5. The van der Waals surface area contributed by atoms with Crippen LogP contribution in [0.4, 0.5) is 0 Å². The van der Waals surface area contributed by atoms with Crippen LogP contribution >= 0.6 is 0 Å². The highest BCUT2D eigenvalue weighted by Crippen LogP contribution is 2.16. The van der Waals surface area contributed by atoms with E-state index in [9.17, 15) is 0 Å². The SMILES string of the molecule is Cc1c(C)n(C)[n+]2c1CCCCCCCC2. The van der Waals surface area contributed by atoms with Crippen molar-refractivity contribution in [1.82, 2.24) is 4.68 Å². The lowest BCUT2D eigenvalue weighted by Crippen LogP contribution is -2.45. The maximum atomic E-state index is 2.51. The molecule has 16 heavy (non-hydrogen) atoms. The molecule has 0 fully saturated rings. The van der Waals surface area contributed by atoms with Crippen molar-refractivity contribution in [3.63, 3.8) is 0 Å². The largest absolute Gasteiger partial charge is 0.211 e. The first kappa shape index (κ1) is 11.7. The van der Waals surface area contributed by atoms with Crippen molar-refractivity contribution < 1.29 is 4.68 Å². The minimum atomic E-state index is 1.21. The third-order valence-electron chi connectivity index (χ3n) is 4.17. The summed E-state index contributed by atoms with van der Waals surface area (Å²) in [6.07, 6.45) is 9.65. The Balaban J connectivity index is 2.30. The van der Waals surface area contributed by atoms with Crippen LogP contribution in [0.3, 0.4) is 0 Å². The molecule has 0 amide bonds. The van der Waals surface area contributed by atoms with Gasteiger partial charge in [-0.05, 0) is 26.7 Å². The van der Waals surface area contributed by atoms with Gasteiger partial charge in [0.2, 0.25) is 5.69 Å². The summed E-state index contributed by atoms with van der Waals surface area (Å²) in [5.74, 6) is 0. The van der Waals surface area contributed by atoms with Crippen LogP contribution in [-0.4, -0.2) is 4.68 Å². The molecule has 90 valence electrons. The van der Waals surface area contributed by atoms with Gasteiger partial charge in [-0.1, -0.05) is 19.3 Å². The number of fused-ring (bicyclic) bond motifs is 1. The summed E-state index contributed by atoms with van der Waals surface area (Å²) in [5, 5.41) is 0. The summed E-state index contributed by atoms with van der Waals surface area (Å²) in [7, 11) is 2.21. The minimum Gasteiger partial charge on any atom is -0.161 e. The highest BCUT2D eigenvalue weighted by atomic mass is 15.4. The number of aromatic nitrogens is 2. The van der Waals surface area contributed by atoms with Gasteiger partial charge >= 0.3 is 0 Å². The smallest absolute Gasteiger partial charge is 0.161 e. The molecular formula is C14H25N2+. The van der Waals surface area contributed by atoms with Gasteiger partial charge in [-0.15, -0.1) is 4.68 Å². The monoisotopic (exact) mass is 221 g/mol. The van der Waals surface area contributed by atoms with Crippen molar-refractivity contribution in [3.05, 3.63) is 17.0 Å². The summed E-state index contributed by atoms with van der Waals surface area (Å²) in [4.78, 5) is 0. The predicted molar refractivity (Wildman–Crippen MR) is 66.5 cm³/mol. The first-order chi connectivity index (χ1) is 7.72. The summed E-state index contributed by atoms with van der Waals surface area (Å²) in [6.45, 7) is 5.74. The first-order valence-electron chi connectivity index (χ1n) is 6.76. The van der Waals surface area contributed by atoms with Crippen LogP contribution in [0.25, 0.3) is 0 Å². The first-order valence-corrected chi connectivity index (χ1v) is 6.76. The quantitative estimate of drug-likeness (QED) is 0.596. The van der Waals surface area contributed by atoms with Crippen molar-refractivity contribution in [2.45, 2.75) is 65.3 Å². The minimum absolute atomic E-state index is 1.21. The van der Waals surface area contributed by atoms with Crippen LogP contribution in [0.15, 0.2) is 0 Å². The maximum Gasteiger partial charge on any atom is 0.211 e. The third kappa shape index (κ3) is 2.16. The van der Waals surface area contributed by atoms with E-state index < -0.39 is 0 Å². The Morgan fingerprint density at radius 2 is 1.56 bits per heavy atom. The van der Waals surface area contributed by atoms with Gasteiger partial charge < -0.3 is 0 Å². The van der Waals surface area contributed by atoms with Crippen molar-refractivity contribution in [2.24, 2.45) is 7.05 Å². The predicted octanol–water partition coefficient (Wildman–Crippen LogP) is 2.83. The molecule has 0 saturated carbocycles. The summed E-state index contributed by atoms with van der Waals surface area (Å²) in [6, 6.07) is 0. The summed E-state index contributed by atoms with van der Waals surface area (Å²) < 4.78 is 4.86. The van der Waals surface area contributed by atoms with Gasteiger partial charge in [-0.2, -0.15) is 4.68 Å². The molecule has 0 saturated heterocycles. The Kier molecular flexibility index (Phi) is 3.67. The molecule has 0 radical (unpaired) electrons. The second-order valence-electron chi connectivity index (χ2n) is 5.18. The van der Waals surface area contributed by atoms with Crippen molar-refractivity contribution >= 4 is 0 Å². The van der Waals surface area contributed by atoms with Gasteiger partial charge in [0.1, 0.15) is 0 Å². The standard InChI is InChI=1S/C14H25N2/c1-12-13(2)15(3)16-11-9-7-5-4-6-8-10-14(12)16/h4-11H2,1-3H3/q+1. The van der Waals surface area contributed by atoms with Crippen LogP contribution in [0, 0.1) is 13.8 Å². The van der Waals surface area contributed by atoms with Crippen LogP contribution < -0.4 is 4.68 Å². The van der Waals surface area contributed by atoms with Gasteiger partial charge in [0.15, 0.2) is 6.54 Å². The molecule has 0 bridgehead atoms. The fourth-order valence-corrected chi connectivity index (χ4v) is 2.87. The average molecular weight is 221 g/mol. The molecule has 1 aromatic rings. The molecule has 0 aromatic carbocycles. The van der Waals surface area contributed by atoms with Gasteiger partial charge in [0, 0.05) is 18.4 Å². The normalized spacial score (nSPS) is 18.2. The van der Waals surface area contributed by atoms with E-state index in [1.807, 2.05) is 0 Å². The van der Waals surface area contributed by atoms with E-state index in [4.69, 9.17) is 0 Å². The molecule has 0 atom stereocenters. The van der Waals surface area contributed by atoms with Gasteiger partial charge in [-0.25, -0.2) is 0 Å². The van der Waals surface area contributed by atoms with Crippen molar-refractivity contribution in [3.8, 4) is 0 Å². The highest BCUT2D eigenvalue weighted by molar-refractivity contribution is 5.19. The third-order valence-corrected chi connectivity index (χ3v) is 4.17. The molecule has 2 heteroatoms. The molecule has 0 unspecified atom stereocenters. The van der Waals surface area contributed by atoms with E-state index in [-0.39, 0.29) is 0 Å². The lowest BCUT2D eigenvalue weighted by atomic mass is 10.0. The van der Waals surface area contributed by atoms with Crippen molar-refractivity contribution in [1.29, 1.82) is 0 Å². The van der Waals surface area contributed by atoms with Crippen LogP contribution in [0.1, 0.15) is 55.5 Å². The lowest BCUT2D eigenvalue weighted by Gasteiger charge is -2.06. The second-order valence-corrected chi connectivity index (χ2v) is 5.18. The number of hydrogen-bond acceptors (Lipinski definition) is 0. The van der Waals surface area contributed by atoms with E-state index in [0.717, 1.165) is 0 Å². The molecule has 1 aliphatic heterocycles. The zero-order valence-corrected chi connectivity index (χ0v) is 11.1. The molecule has 1 aromatic heterocycles. The lowest BCUT2D eigenvalue weighted by molar-refractivity contribution is -0.780. The second kappa shape index (κ2) is 5.03. The molecule has 2 rings (SSSR count). The molecule has 0 N–H and O–H groups in total. The van der Waals surface area contributed by atoms with Gasteiger partial charge in [0.25, 0.3) is 0 Å². The molecule has 0 spiro atoms. The number of rotatable bonds is 0. The Labute approximate surface area is 99.3 Å². The zero-order valence-electron chi connectivity index (χ0n) is 11.1.